The molecular formula is C42H28N6O2. The Hall–Kier alpha value is -7.06. The Kier molecular flexibility index (Phi) is 6.91. The summed E-state index contributed by atoms with van der Waals surface area (Å²) < 4.78 is 0. The third-order valence-corrected chi connectivity index (χ3v) is 8.85. The number of para-hydroxylation sites is 4. The predicted molar refractivity (Wildman–Crippen MR) is 198 cm³/mol. The van der Waals surface area contributed by atoms with Crippen LogP contribution in [0, 0.1) is 0 Å². The van der Waals surface area contributed by atoms with Gasteiger partial charge in [-0.15, -0.1) is 0 Å². The number of aromatic nitrogens is 2. The van der Waals surface area contributed by atoms with Crippen LogP contribution < -0.4 is 19.8 Å². The van der Waals surface area contributed by atoms with Gasteiger partial charge in [-0.05, 0) is 83.6 Å². The van der Waals surface area contributed by atoms with Crippen LogP contribution in [-0.4, -0.2) is 21.8 Å². The highest BCUT2D eigenvalue weighted by Crippen LogP contribution is 2.48. The number of carbonyl (C=O) groups is 2. The molecule has 1 saturated heterocycles. The monoisotopic (exact) mass is 648 g/mol. The van der Waals surface area contributed by atoms with Crippen LogP contribution in [-0.2, 0) is 9.59 Å². The predicted octanol–water partition coefficient (Wildman–Crippen LogP) is 8.84. The van der Waals surface area contributed by atoms with Crippen molar-refractivity contribution in [3.05, 3.63) is 181 Å². The number of hydrogen-bond acceptors (Lipinski definition) is 6. The number of anilines is 6. The van der Waals surface area contributed by atoms with Crippen molar-refractivity contribution in [1.29, 1.82) is 0 Å². The summed E-state index contributed by atoms with van der Waals surface area (Å²) >= 11 is 0. The molecule has 7 aromatic rings. The summed E-state index contributed by atoms with van der Waals surface area (Å²) in [5.74, 6) is 1.07. The summed E-state index contributed by atoms with van der Waals surface area (Å²) in [6.45, 7) is 0. The van der Waals surface area contributed by atoms with E-state index in [0.29, 0.717) is 28.8 Å². The quantitative estimate of drug-likeness (QED) is 0.106. The second-order valence-electron chi connectivity index (χ2n) is 11.9. The molecule has 6 aromatic carbocycles. The molecule has 2 aliphatic heterocycles. The number of hydrazine groups is 1. The highest BCUT2D eigenvalue weighted by Gasteiger charge is 2.43. The average Bonchev–Trinajstić information content (AvgIpc) is 3.62. The fourth-order valence-electron chi connectivity index (χ4n) is 6.56. The van der Waals surface area contributed by atoms with E-state index in [2.05, 4.69) is 24.3 Å². The van der Waals surface area contributed by atoms with Crippen LogP contribution in [0.1, 0.15) is 0 Å². The molecule has 8 nitrogen and oxygen atoms in total. The van der Waals surface area contributed by atoms with Crippen LogP contribution >= 0.6 is 0 Å². The van der Waals surface area contributed by atoms with Gasteiger partial charge >= 0.3 is 0 Å². The van der Waals surface area contributed by atoms with Gasteiger partial charge in [-0.25, -0.2) is 20.0 Å². The largest absolute Gasteiger partial charge is 0.283 e. The van der Waals surface area contributed by atoms with Crippen molar-refractivity contribution in [1.82, 2.24) is 9.97 Å². The Morgan fingerprint density at radius 3 is 1.18 bits per heavy atom. The molecule has 0 N–H and O–H groups in total. The standard InChI is InChI=1S/C42H28N6O2/c49-41-35(42(50)48(34-23-11-4-12-24-34)47(41)33-21-9-3-10-22-33)25-26-38-45(31-17-5-1-6-18-31)39-40(46(38)32-19-7-2-8-20-32)44-37-28-30-16-14-13-15-29(30)27-36(37)43-39/h1-28H. The van der Waals surface area contributed by atoms with E-state index in [9.17, 15) is 9.59 Å². The van der Waals surface area contributed by atoms with Gasteiger partial charge in [-0.2, -0.15) is 0 Å². The molecule has 9 rings (SSSR count). The molecule has 238 valence electrons. The number of amides is 2. The highest BCUT2D eigenvalue weighted by molar-refractivity contribution is 6.36. The maximum Gasteiger partial charge on any atom is 0.283 e. The number of allylic oxidation sites excluding steroid dienone is 2. The van der Waals surface area contributed by atoms with Gasteiger partial charge in [0.05, 0.1) is 22.4 Å². The normalized spacial score (nSPS) is 14.2. The van der Waals surface area contributed by atoms with Crippen molar-refractivity contribution in [2.24, 2.45) is 0 Å². The molecule has 0 spiro atoms. The van der Waals surface area contributed by atoms with Crippen LogP contribution in [0.4, 0.5) is 34.4 Å². The van der Waals surface area contributed by atoms with Gasteiger partial charge in [-0.1, -0.05) is 97.1 Å². The zero-order valence-electron chi connectivity index (χ0n) is 26.7. The van der Waals surface area contributed by atoms with Crippen molar-refractivity contribution < 1.29 is 9.59 Å². The minimum Gasteiger partial charge on any atom is -0.277 e. The van der Waals surface area contributed by atoms with Crippen molar-refractivity contribution in [2.75, 3.05) is 19.8 Å². The van der Waals surface area contributed by atoms with Gasteiger partial charge in [0, 0.05) is 11.4 Å². The van der Waals surface area contributed by atoms with Crippen LogP contribution in [0.3, 0.4) is 0 Å². The van der Waals surface area contributed by atoms with Crippen molar-refractivity contribution in [3.63, 3.8) is 0 Å². The van der Waals surface area contributed by atoms with E-state index in [0.717, 1.165) is 33.2 Å². The van der Waals surface area contributed by atoms with E-state index >= 15 is 0 Å². The Morgan fingerprint density at radius 2 is 0.780 bits per heavy atom. The number of nitrogens with zero attached hydrogens (tertiary/aromatic N) is 6. The molecule has 0 radical (unpaired) electrons. The lowest BCUT2D eigenvalue weighted by atomic mass is 10.1. The average molecular weight is 649 g/mol. The second kappa shape index (κ2) is 11.9. The summed E-state index contributed by atoms with van der Waals surface area (Å²) in [4.78, 5) is 42.9. The number of benzene rings is 6. The highest BCUT2D eigenvalue weighted by atomic mass is 16.2. The Balaban J connectivity index is 1.26. The Bertz CT molecular complexity index is 2320. The number of fused-ring (bicyclic) bond motifs is 3. The minimum absolute atomic E-state index is 0.0273. The number of rotatable bonds is 5. The molecule has 0 atom stereocenters. The van der Waals surface area contributed by atoms with Gasteiger partial charge in [0.2, 0.25) is 0 Å². The Labute approximate surface area is 288 Å². The van der Waals surface area contributed by atoms with Gasteiger partial charge in [0.25, 0.3) is 11.8 Å². The van der Waals surface area contributed by atoms with Crippen LogP contribution in [0.5, 0.6) is 0 Å². The molecule has 3 heterocycles. The smallest absolute Gasteiger partial charge is 0.277 e. The summed E-state index contributed by atoms with van der Waals surface area (Å²) in [5, 5.41) is 5.00. The lowest BCUT2D eigenvalue weighted by Crippen LogP contribution is -2.41. The summed E-state index contributed by atoms with van der Waals surface area (Å²) in [5.41, 5.74) is 4.42. The van der Waals surface area contributed by atoms with Gasteiger partial charge < -0.3 is 0 Å². The first-order chi connectivity index (χ1) is 24.7. The van der Waals surface area contributed by atoms with Crippen molar-refractivity contribution in [2.45, 2.75) is 0 Å². The van der Waals surface area contributed by atoms with Crippen LogP contribution in [0.15, 0.2) is 181 Å². The molecule has 0 bridgehead atoms. The molecule has 2 aliphatic rings. The molecule has 50 heavy (non-hydrogen) atoms. The van der Waals surface area contributed by atoms with Crippen LogP contribution in [0.2, 0.25) is 0 Å². The van der Waals surface area contributed by atoms with Crippen molar-refractivity contribution in [3.8, 4) is 0 Å². The lowest BCUT2D eigenvalue weighted by molar-refractivity contribution is -0.116. The molecule has 0 unspecified atom stereocenters. The second-order valence-corrected chi connectivity index (χ2v) is 11.9. The molecule has 8 heteroatoms. The maximum absolute atomic E-state index is 14.2. The van der Waals surface area contributed by atoms with E-state index in [1.165, 1.54) is 10.0 Å². The SMILES string of the molecule is O=C1C(=CC=C2N(c3ccccc3)c3nc4cc5ccccc5cc4nc3N2c2ccccc2)C(=O)N(c2ccccc2)N1c1ccccc1. The molecule has 1 aromatic heterocycles. The number of hydrogen-bond donors (Lipinski definition) is 0. The third-order valence-electron chi connectivity index (χ3n) is 8.85. The molecule has 0 saturated carbocycles. The summed E-state index contributed by atoms with van der Waals surface area (Å²) in [6.07, 6.45) is 3.43. The Morgan fingerprint density at radius 1 is 0.420 bits per heavy atom. The molecule has 2 amide bonds. The fourth-order valence-corrected chi connectivity index (χ4v) is 6.56. The zero-order valence-corrected chi connectivity index (χ0v) is 26.7. The van der Waals surface area contributed by atoms with E-state index in [1.54, 1.807) is 6.08 Å². The van der Waals surface area contributed by atoms with E-state index in [-0.39, 0.29) is 5.57 Å². The van der Waals surface area contributed by atoms with E-state index in [4.69, 9.17) is 9.97 Å². The zero-order chi connectivity index (χ0) is 33.6. The van der Waals surface area contributed by atoms with E-state index < -0.39 is 11.8 Å². The molecule has 1 fully saturated rings. The summed E-state index contributed by atoms with van der Waals surface area (Å²) in [6, 6.07) is 50.5. The lowest BCUT2D eigenvalue weighted by Gasteiger charge is -2.27. The van der Waals surface area contributed by atoms with Gasteiger partial charge in [-0.3, -0.25) is 19.4 Å². The van der Waals surface area contributed by atoms with Crippen LogP contribution in [0.25, 0.3) is 21.8 Å². The molecular weight excluding hydrogens is 621 g/mol. The maximum atomic E-state index is 14.2. The summed E-state index contributed by atoms with van der Waals surface area (Å²) in [7, 11) is 0. The van der Waals surface area contributed by atoms with Crippen molar-refractivity contribution >= 4 is 68.0 Å². The fraction of sp³-hybridized carbons (Fsp3) is 0. The third kappa shape index (κ3) is 4.78. The van der Waals surface area contributed by atoms with Gasteiger partial charge in [0.1, 0.15) is 11.4 Å². The minimum atomic E-state index is -0.427. The first-order valence-electron chi connectivity index (χ1n) is 16.3. The number of carbonyl (C=O) groups excluding carboxylic acids is 2. The first-order valence-corrected chi connectivity index (χ1v) is 16.3. The molecule has 0 aliphatic carbocycles. The van der Waals surface area contributed by atoms with Gasteiger partial charge in [0.15, 0.2) is 11.6 Å². The first kappa shape index (κ1) is 29.1. The topological polar surface area (TPSA) is 72.9 Å². The van der Waals surface area contributed by atoms with E-state index in [1.807, 2.05) is 149 Å².